The molecule has 0 aliphatic carbocycles. The van der Waals surface area contributed by atoms with E-state index in [1.807, 2.05) is 0 Å². The van der Waals surface area contributed by atoms with Gasteiger partial charge in [-0.15, -0.1) is 10.2 Å². The van der Waals surface area contributed by atoms with Gasteiger partial charge in [0.05, 0.1) is 22.5 Å². The lowest BCUT2D eigenvalue weighted by Gasteiger charge is -2.06. The van der Waals surface area contributed by atoms with Gasteiger partial charge in [-0.05, 0) is 25.1 Å². The largest absolute Gasteiger partial charge is 0.469 e. The molecule has 0 spiro atoms. The molecule has 3 rings (SSSR count). The molecule has 3 aromatic rings. The second kappa shape index (κ2) is 7.68. The van der Waals surface area contributed by atoms with E-state index in [0.717, 1.165) is 11.8 Å². The number of anilines is 1. The number of nitro benzene ring substituents is 1. The third-order valence-electron chi connectivity index (χ3n) is 3.52. The van der Waals surface area contributed by atoms with Gasteiger partial charge in [-0.3, -0.25) is 14.9 Å². The molecule has 140 valence electrons. The van der Waals surface area contributed by atoms with Crippen LogP contribution in [0.3, 0.4) is 0 Å². The first-order valence-electron chi connectivity index (χ1n) is 7.48. The summed E-state index contributed by atoms with van der Waals surface area (Å²) >= 11 is 6.82. The molecule has 0 fully saturated rings. The number of rotatable bonds is 6. The van der Waals surface area contributed by atoms with E-state index in [0.29, 0.717) is 22.3 Å². The highest BCUT2D eigenvalue weighted by molar-refractivity contribution is 7.99. The maximum Gasteiger partial charge on any atom is 0.289 e. The second-order valence-electron chi connectivity index (χ2n) is 5.33. The van der Waals surface area contributed by atoms with Gasteiger partial charge in [-0.25, -0.2) is 4.68 Å². The van der Waals surface area contributed by atoms with E-state index in [-0.39, 0.29) is 28.1 Å². The molecule has 2 heterocycles. The maximum absolute atomic E-state index is 12.1. The minimum atomic E-state index is -0.622. The Hall–Kier alpha value is -3.05. The third-order valence-corrected chi connectivity index (χ3v) is 4.79. The van der Waals surface area contributed by atoms with Gasteiger partial charge in [0.1, 0.15) is 10.8 Å². The molecule has 0 aliphatic rings. The smallest absolute Gasteiger partial charge is 0.289 e. The van der Waals surface area contributed by atoms with Gasteiger partial charge in [0.2, 0.25) is 11.1 Å². The van der Waals surface area contributed by atoms with Crippen LogP contribution in [0.15, 0.2) is 40.1 Å². The Labute approximate surface area is 161 Å². The summed E-state index contributed by atoms with van der Waals surface area (Å²) in [5, 5.41) is 21.8. The van der Waals surface area contributed by atoms with Crippen LogP contribution in [0.25, 0.3) is 11.4 Å². The number of nitro groups is 1. The molecular weight excluding hydrogens is 396 g/mol. The van der Waals surface area contributed by atoms with Gasteiger partial charge in [-0.1, -0.05) is 23.4 Å². The lowest BCUT2D eigenvalue weighted by molar-refractivity contribution is -0.384. The highest BCUT2D eigenvalue weighted by Crippen LogP contribution is 2.28. The van der Waals surface area contributed by atoms with Gasteiger partial charge in [0.25, 0.3) is 5.69 Å². The normalized spacial score (nSPS) is 10.7. The molecule has 3 N–H and O–H groups in total. The van der Waals surface area contributed by atoms with E-state index in [2.05, 4.69) is 15.5 Å². The number of nitrogens with one attached hydrogen (secondary N) is 1. The van der Waals surface area contributed by atoms with Crippen molar-refractivity contribution in [2.24, 2.45) is 0 Å². The van der Waals surface area contributed by atoms with Crippen LogP contribution in [0.4, 0.5) is 11.4 Å². The number of furan rings is 1. The predicted octanol–water partition coefficient (Wildman–Crippen LogP) is 2.85. The number of carbonyl (C=O) groups excluding carboxylic acids is 1. The lowest BCUT2D eigenvalue weighted by Crippen LogP contribution is -2.16. The number of aryl methyl sites for hydroxylation is 1. The second-order valence-corrected chi connectivity index (χ2v) is 6.68. The van der Waals surface area contributed by atoms with Crippen LogP contribution >= 0.6 is 23.4 Å². The summed E-state index contributed by atoms with van der Waals surface area (Å²) < 4.78 is 6.48. The molecule has 0 radical (unpaired) electrons. The number of hydrogen-bond donors (Lipinski definition) is 2. The van der Waals surface area contributed by atoms with Crippen molar-refractivity contribution in [1.29, 1.82) is 0 Å². The van der Waals surface area contributed by atoms with Crippen molar-refractivity contribution in [2.45, 2.75) is 12.1 Å². The molecule has 0 bridgehead atoms. The summed E-state index contributed by atoms with van der Waals surface area (Å²) in [6, 6.07) is 5.73. The molecular formula is C15H13ClN6O4S. The molecule has 0 saturated heterocycles. The Bertz CT molecular complexity index is 1020. The van der Waals surface area contributed by atoms with Gasteiger partial charge in [-0.2, -0.15) is 0 Å². The Morgan fingerprint density at radius 3 is 2.89 bits per heavy atom. The maximum atomic E-state index is 12.1. The monoisotopic (exact) mass is 408 g/mol. The average Bonchev–Trinajstić information content (AvgIpc) is 3.20. The highest BCUT2D eigenvalue weighted by atomic mass is 35.5. The van der Waals surface area contributed by atoms with Crippen LogP contribution in [0.1, 0.15) is 5.76 Å². The van der Waals surface area contributed by atoms with Crippen molar-refractivity contribution in [2.75, 3.05) is 16.9 Å². The SMILES string of the molecule is Cc1occc1-c1nnc(SCC(=O)Nc2ccc(Cl)c([N+](=O)[O-])c2)n1N. The fourth-order valence-electron chi connectivity index (χ4n) is 2.23. The zero-order valence-corrected chi connectivity index (χ0v) is 15.5. The fourth-order valence-corrected chi connectivity index (χ4v) is 3.08. The van der Waals surface area contributed by atoms with Crippen LogP contribution < -0.4 is 11.2 Å². The summed E-state index contributed by atoms with van der Waals surface area (Å²) in [7, 11) is 0. The number of carbonyl (C=O) groups is 1. The standard InChI is InChI=1S/C15H13ClN6O4S/c1-8-10(4-5-26-8)14-19-20-15(21(14)17)27-7-13(23)18-9-2-3-11(16)12(6-9)22(24)25/h2-6H,7,17H2,1H3,(H,18,23). The molecule has 10 nitrogen and oxygen atoms in total. The van der Waals surface area contributed by atoms with E-state index in [1.54, 1.807) is 13.0 Å². The van der Waals surface area contributed by atoms with Crippen LogP contribution in [0.2, 0.25) is 5.02 Å². The van der Waals surface area contributed by atoms with Gasteiger partial charge < -0.3 is 15.6 Å². The number of amides is 1. The Kier molecular flexibility index (Phi) is 5.33. The summed E-state index contributed by atoms with van der Waals surface area (Å²) in [4.78, 5) is 22.4. The summed E-state index contributed by atoms with van der Waals surface area (Å²) in [6.07, 6.45) is 1.52. The zero-order chi connectivity index (χ0) is 19.6. The molecule has 12 heteroatoms. The minimum Gasteiger partial charge on any atom is -0.469 e. The Morgan fingerprint density at radius 2 is 2.22 bits per heavy atom. The molecule has 27 heavy (non-hydrogen) atoms. The first-order valence-corrected chi connectivity index (χ1v) is 8.84. The minimum absolute atomic E-state index is 0.00863. The first kappa shape index (κ1) is 18.7. The number of hydrogen-bond acceptors (Lipinski definition) is 8. The summed E-state index contributed by atoms with van der Waals surface area (Å²) in [5.41, 5.74) is 0.680. The van der Waals surface area contributed by atoms with Crippen molar-refractivity contribution >= 4 is 40.6 Å². The number of benzene rings is 1. The molecule has 0 unspecified atom stereocenters. The zero-order valence-electron chi connectivity index (χ0n) is 13.9. The van der Waals surface area contributed by atoms with Crippen LogP contribution in [0, 0.1) is 17.0 Å². The number of aromatic nitrogens is 3. The van der Waals surface area contributed by atoms with E-state index in [1.165, 1.54) is 29.1 Å². The third kappa shape index (κ3) is 4.04. The quantitative estimate of drug-likeness (QED) is 0.274. The number of nitrogens with zero attached hydrogens (tertiary/aromatic N) is 4. The Morgan fingerprint density at radius 1 is 1.44 bits per heavy atom. The average molecular weight is 409 g/mol. The first-order chi connectivity index (χ1) is 12.9. The molecule has 2 aromatic heterocycles. The topological polar surface area (TPSA) is 142 Å². The molecule has 0 saturated carbocycles. The number of halogens is 1. The predicted molar refractivity (Wildman–Crippen MR) is 100 cm³/mol. The molecule has 0 aliphatic heterocycles. The number of nitrogen functional groups attached to an aromatic ring is 1. The van der Waals surface area contributed by atoms with Crippen molar-refractivity contribution in [3.05, 3.63) is 51.4 Å². The fraction of sp³-hybridized carbons (Fsp3) is 0.133. The van der Waals surface area contributed by atoms with E-state index in [9.17, 15) is 14.9 Å². The van der Waals surface area contributed by atoms with Crippen molar-refractivity contribution in [1.82, 2.24) is 14.9 Å². The Balaban J connectivity index is 1.65. The van der Waals surface area contributed by atoms with Gasteiger partial charge in [0.15, 0.2) is 5.82 Å². The molecule has 1 amide bonds. The van der Waals surface area contributed by atoms with Gasteiger partial charge in [0, 0.05) is 11.8 Å². The summed E-state index contributed by atoms with van der Waals surface area (Å²) in [5.74, 6) is 6.63. The van der Waals surface area contributed by atoms with Crippen LogP contribution in [0.5, 0.6) is 0 Å². The van der Waals surface area contributed by atoms with E-state index < -0.39 is 4.92 Å². The van der Waals surface area contributed by atoms with E-state index >= 15 is 0 Å². The van der Waals surface area contributed by atoms with Crippen molar-refractivity contribution in [3.8, 4) is 11.4 Å². The van der Waals surface area contributed by atoms with Crippen LogP contribution in [-0.4, -0.2) is 31.5 Å². The molecule has 1 aromatic carbocycles. The van der Waals surface area contributed by atoms with Crippen molar-refractivity contribution < 1.29 is 14.1 Å². The molecule has 0 atom stereocenters. The summed E-state index contributed by atoms with van der Waals surface area (Å²) in [6.45, 7) is 1.77. The van der Waals surface area contributed by atoms with Crippen molar-refractivity contribution in [3.63, 3.8) is 0 Å². The van der Waals surface area contributed by atoms with Gasteiger partial charge >= 0.3 is 0 Å². The lowest BCUT2D eigenvalue weighted by atomic mass is 10.2. The number of thioether (sulfide) groups is 1. The highest BCUT2D eigenvalue weighted by Gasteiger charge is 2.17. The number of nitrogens with two attached hydrogens (primary N) is 1. The van der Waals surface area contributed by atoms with E-state index in [4.69, 9.17) is 21.9 Å². The van der Waals surface area contributed by atoms with Crippen LogP contribution in [-0.2, 0) is 4.79 Å².